The number of carbonyl (C=O) groups excluding carboxylic acids is 1. The quantitative estimate of drug-likeness (QED) is 0.467. The van der Waals surface area contributed by atoms with Crippen molar-refractivity contribution in [1.82, 2.24) is 4.90 Å². The van der Waals surface area contributed by atoms with Gasteiger partial charge in [-0.2, -0.15) is 8.42 Å². The maximum atomic E-state index is 13.0. The van der Waals surface area contributed by atoms with Crippen molar-refractivity contribution >= 4 is 16.0 Å². The minimum absolute atomic E-state index is 0.0616. The summed E-state index contributed by atoms with van der Waals surface area (Å²) in [6.07, 6.45) is 0. The standard InChI is InChI=1S/C24H24FNO4S/c1-18(2)16-26(24(27)20-6-4-3-5-7-20)17-19-8-12-22(13-9-19)30-31(28,29)23-14-10-21(25)11-15-23/h3-15,18H,16-17H2,1-2H3. The third kappa shape index (κ3) is 6.15. The Morgan fingerprint density at radius 3 is 2.13 bits per heavy atom. The van der Waals surface area contributed by atoms with Gasteiger partial charge < -0.3 is 9.08 Å². The summed E-state index contributed by atoms with van der Waals surface area (Å²) in [6, 6.07) is 20.0. The highest BCUT2D eigenvalue weighted by Crippen LogP contribution is 2.21. The molecule has 3 rings (SSSR count). The van der Waals surface area contributed by atoms with Gasteiger partial charge >= 0.3 is 10.1 Å². The van der Waals surface area contributed by atoms with Crippen LogP contribution in [0.2, 0.25) is 0 Å². The molecule has 0 atom stereocenters. The second-order valence-corrected chi connectivity index (χ2v) is 9.13. The first-order valence-corrected chi connectivity index (χ1v) is 11.3. The molecule has 162 valence electrons. The summed E-state index contributed by atoms with van der Waals surface area (Å²) in [5.41, 5.74) is 1.46. The van der Waals surface area contributed by atoms with E-state index >= 15 is 0 Å². The van der Waals surface area contributed by atoms with Gasteiger partial charge in [0, 0.05) is 18.7 Å². The molecule has 3 aromatic carbocycles. The molecule has 0 unspecified atom stereocenters. The summed E-state index contributed by atoms with van der Waals surface area (Å²) in [5.74, 6) is -0.165. The summed E-state index contributed by atoms with van der Waals surface area (Å²) >= 11 is 0. The van der Waals surface area contributed by atoms with Crippen molar-refractivity contribution in [1.29, 1.82) is 0 Å². The van der Waals surface area contributed by atoms with Crippen LogP contribution in [0.25, 0.3) is 0 Å². The second-order valence-electron chi connectivity index (χ2n) is 7.58. The Morgan fingerprint density at radius 1 is 0.935 bits per heavy atom. The van der Waals surface area contributed by atoms with Crippen molar-refractivity contribution in [2.24, 2.45) is 5.92 Å². The summed E-state index contributed by atoms with van der Waals surface area (Å²) in [5, 5.41) is 0. The normalized spacial score (nSPS) is 11.4. The fourth-order valence-corrected chi connectivity index (χ4v) is 4.00. The molecule has 31 heavy (non-hydrogen) atoms. The Hall–Kier alpha value is -3.19. The van der Waals surface area contributed by atoms with Crippen molar-refractivity contribution in [2.45, 2.75) is 25.3 Å². The monoisotopic (exact) mass is 441 g/mol. The number of hydrogen-bond donors (Lipinski definition) is 0. The number of hydrogen-bond acceptors (Lipinski definition) is 4. The molecule has 1 amide bonds. The van der Waals surface area contributed by atoms with Gasteiger partial charge in [0.05, 0.1) is 0 Å². The predicted molar refractivity (Wildman–Crippen MR) is 117 cm³/mol. The predicted octanol–water partition coefficient (Wildman–Crippen LogP) is 4.89. The molecule has 7 heteroatoms. The lowest BCUT2D eigenvalue weighted by Crippen LogP contribution is -2.33. The summed E-state index contributed by atoms with van der Waals surface area (Å²) in [4.78, 5) is 14.6. The highest BCUT2D eigenvalue weighted by Gasteiger charge is 2.19. The molecule has 0 saturated carbocycles. The van der Waals surface area contributed by atoms with Gasteiger partial charge in [-0.3, -0.25) is 4.79 Å². The molecule has 0 fully saturated rings. The maximum absolute atomic E-state index is 13.0. The molecule has 0 aliphatic carbocycles. The van der Waals surface area contributed by atoms with Crippen LogP contribution in [0.15, 0.2) is 83.8 Å². The van der Waals surface area contributed by atoms with Gasteiger partial charge in [0.25, 0.3) is 5.91 Å². The van der Waals surface area contributed by atoms with Crippen LogP contribution in [0.1, 0.15) is 29.8 Å². The first-order valence-electron chi connectivity index (χ1n) is 9.88. The fourth-order valence-electron chi connectivity index (χ4n) is 3.07. The molecule has 0 saturated heterocycles. The van der Waals surface area contributed by atoms with Crippen molar-refractivity contribution in [3.05, 3.63) is 95.8 Å². The maximum Gasteiger partial charge on any atom is 0.339 e. The number of carbonyl (C=O) groups is 1. The lowest BCUT2D eigenvalue weighted by Gasteiger charge is -2.25. The fraction of sp³-hybridized carbons (Fsp3) is 0.208. The van der Waals surface area contributed by atoms with Gasteiger partial charge in [-0.05, 0) is 60.0 Å². The highest BCUT2D eigenvalue weighted by molar-refractivity contribution is 7.87. The first-order chi connectivity index (χ1) is 14.7. The number of nitrogens with zero attached hydrogens (tertiary/aromatic N) is 1. The Morgan fingerprint density at radius 2 is 1.55 bits per heavy atom. The van der Waals surface area contributed by atoms with E-state index < -0.39 is 15.9 Å². The zero-order chi connectivity index (χ0) is 22.4. The van der Waals surface area contributed by atoms with Crippen molar-refractivity contribution in [2.75, 3.05) is 6.54 Å². The van der Waals surface area contributed by atoms with E-state index in [1.165, 1.54) is 12.1 Å². The van der Waals surface area contributed by atoms with Crippen molar-refractivity contribution in [3.8, 4) is 5.75 Å². The van der Waals surface area contributed by atoms with E-state index in [9.17, 15) is 17.6 Å². The van der Waals surface area contributed by atoms with Crippen LogP contribution in [0, 0.1) is 11.7 Å². The van der Waals surface area contributed by atoms with E-state index in [1.54, 1.807) is 29.2 Å². The lowest BCUT2D eigenvalue weighted by molar-refractivity contribution is 0.0722. The number of benzene rings is 3. The van der Waals surface area contributed by atoms with Crippen LogP contribution in [0.5, 0.6) is 5.75 Å². The number of rotatable bonds is 8. The van der Waals surface area contributed by atoms with Gasteiger partial charge in [0.1, 0.15) is 16.5 Å². The summed E-state index contributed by atoms with van der Waals surface area (Å²) in [7, 11) is -4.06. The molecule has 0 N–H and O–H groups in total. The van der Waals surface area contributed by atoms with Crippen LogP contribution in [-0.4, -0.2) is 25.8 Å². The molecule has 0 aromatic heterocycles. The number of amides is 1. The van der Waals surface area contributed by atoms with E-state index in [0.717, 1.165) is 29.8 Å². The molecular formula is C24H24FNO4S. The van der Waals surface area contributed by atoms with E-state index in [-0.39, 0.29) is 22.5 Å². The zero-order valence-electron chi connectivity index (χ0n) is 17.4. The average molecular weight is 442 g/mol. The Bertz CT molecular complexity index is 1110. The Kier molecular flexibility index (Phi) is 7.07. The third-order valence-electron chi connectivity index (χ3n) is 4.50. The van der Waals surface area contributed by atoms with Crippen molar-refractivity contribution < 1.29 is 21.8 Å². The van der Waals surface area contributed by atoms with Gasteiger partial charge in [-0.1, -0.05) is 44.2 Å². The van der Waals surface area contributed by atoms with E-state index in [4.69, 9.17) is 4.18 Å². The SMILES string of the molecule is CC(C)CN(Cc1ccc(OS(=O)(=O)c2ccc(F)cc2)cc1)C(=O)c1ccccc1. The molecule has 0 heterocycles. The molecular weight excluding hydrogens is 417 g/mol. The molecule has 0 aliphatic rings. The largest absolute Gasteiger partial charge is 0.379 e. The molecule has 0 aliphatic heterocycles. The van der Waals surface area contributed by atoms with Gasteiger partial charge in [0.2, 0.25) is 0 Å². The van der Waals surface area contributed by atoms with E-state index in [0.29, 0.717) is 18.7 Å². The summed E-state index contributed by atoms with van der Waals surface area (Å²) < 4.78 is 42.9. The zero-order valence-corrected chi connectivity index (χ0v) is 18.2. The third-order valence-corrected chi connectivity index (χ3v) is 5.76. The second kappa shape index (κ2) is 9.75. The Labute approximate surface area is 182 Å². The lowest BCUT2D eigenvalue weighted by atomic mass is 10.1. The van der Waals surface area contributed by atoms with Gasteiger partial charge in [0.15, 0.2) is 0 Å². The topological polar surface area (TPSA) is 63.7 Å². The smallest absolute Gasteiger partial charge is 0.339 e. The first kappa shape index (κ1) is 22.5. The summed E-state index contributed by atoms with van der Waals surface area (Å²) in [6.45, 7) is 5.06. The molecule has 5 nitrogen and oxygen atoms in total. The van der Waals surface area contributed by atoms with Crippen LogP contribution >= 0.6 is 0 Å². The molecule has 3 aromatic rings. The minimum atomic E-state index is -4.06. The van der Waals surface area contributed by atoms with Crippen LogP contribution in [-0.2, 0) is 16.7 Å². The van der Waals surface area contributed by atoms with Gasteiger partial charge in [-0.25, -0.2) is 4.39 Å². The van der Waals surface area contributed by atoms with Crippen molar-refractivity contribution in [3.63, 3.8) is 0 Å². The van der Waals surface area contributed by atoms with Crippen LogP contribution in [0.3, 0.4) is 0 Å². The van der Waals surface area contributed by atoms with E-state index in [2.05, 4.69) is 0 Å². The van der Waals surface area contributed by atoms with Crippen LogP contribution in [0.4, 0.5) is 4.39 Å². The number of halogens is 1. The van der Waals surface area contributed by atoms with E-state index in [1.807, 2.05) is 32.0 Å². The molecule has 0 spiro atoms. The average Bonchev–Trinajstić information content (AvgIpc) is 2.74. The molecule has 0 radical (unpaired) electrons. The minimum Gasteiger partial charge on any atom is -0.379 e. The van der Waals surface area contributed by atoms with Crippen LogP contribution < -0.4 is 4.18 Å². The Balaban J connectivity index is 1.73. The molecule has 0 bridgehead atoms. The highest BCUT2D eigenvalue weighted by atomic mass is 32.2. The van der Waals surface area contributed by atoms with Gasteiger partial charge in [-0.15, -0.1) is 0 Å².